The summed E-state index contributed by atoms with van der Waals surface area (Å²) in [5.74, 6) is 0.0252. The molecule has 0 saturated carbocycles. The number of nitrogens with zero attached hydrogens (tertiary/aromatic N) is 2. The third-order valence-corrected chi connectivity index (χ3v) is 5.60. The highest BCUT2D eigenvalue weighted by molar-refractivity contribution is 7.89. The number of anilines is 1. The van der Waals surface area contributed by atoms with Crippen molar-refractivity contribution in [1.82, 2.24) is 9.29 Å². The molecule has 1 saturated heterocycles. The predicted octanol–water partition coefficient (Wildman–Crippen LogP) is 1.30. The van der Waals surface area contributed by atoms with Crippen molar-refractivity contribution in [2.24, 2.45) is 5.92 Å². The Labute approximate surface area is 126 Å². The van der Waals surface area contributed by atoms with E-state index in [-0.39, 0.29) is 17.4 Å². The highest BCUT2D eigenvalue weighted by atomic mass is 32.2. The Hall–Kier alpha value is -1.18. The summed E-state index contributed by atoms with van der Waals surface area (Å²) in [7, 11) is -3.57. The fourth-order valence-corrected chi connectivity index (χ4v) is 4.19. The Morgan fingerprint density at radius 3 is 3.05 bits per heavy atom. The monoisotopic (exact) mass is 313 g/mol. The molecule has 0 spiro atoms. The molecule has 0 bridgehead atoms. The van der Waals surface area contributed by atoms with Crippen molar-refractivity contribution >= 4 is 15.7 Å². The maximum Gasteiger partial charge on any atom is 0.246 e. The zero-order chi connectivity index (χ0) is 15.3. The second-order valence-corrected chi connectivity index (χ2v) is 7.26. The molecule has 0 aliphatic carbocycles. The number of sulfonamides is 1. The van der Waals surface area contributed by atoms with Crippen LogP contribution in [0.4, 0.5) is 5.69 Å². The van der Waals surface area contributed by atoms with Crippen LogP contribution < -0.4 is 5.32 Å². The Kier molecular flexibility index (Phi) is 5.55. The molecule has 0 aromatic carbocycles. The number of aliphatic hydroxyl groups is 1. The van der Waals surface area contributed by atoms with Gasteiger partial charge in [0.25, 0.3) is 0 Å². The highest BCUT2D eigenvalue weighted by Gasteiger charge is 2.31. The third kappa shape index (κ3) is 3.72. The molecule has 1 aliphatic rings. The van der Waals surface area contributed by atoms with Gasteiger partial charge in [0.1, 0.15) is 4.90 Å². The van der Waals surface area contributed by atoms with E-state index in [4.69, 9.17) is 0 Å². The number of pyridine rings is 1. The molecular weight excluding hydrogens is 290 g/mol. The van der Waals surface area contributed by atoms with E-state index in [1.165, 1.54) is 10.5 Å². The van der Waals surface area contributed by atoms with Gasteiger partial charge in [0.2, 0.25) is 10.0 Å². The number of aliphatic hydroxyl groups excluding tert-OH is 1. The first-order valence-electron chi connectivity index (χ1n) is 7.38. The van der Waals surface area contributed by atoms with Crippen LogP contribution in [0.5, 0.6) is 0 Å². The van der Waals surface area contributed by atoms with Gasteiger partial charge < -0.3 is 10.4 Å². The van der Waals surface area contributed by atoms with Crippen molar-refractivity contribution in [1.29, 1.82) is 0 Å². The summed E-state index contributed by atoms with van der Waals surface area (Å²) >= 11 is 0. The molecule has 0 radical (unpaired) electrons. The number of rotatable bonds is 6. The second kappa shape index (κ2) is 7.20. The normalized spacial score (nSPS) is 20.4. The third-order valence-electron chi connectivity index (χ3n) is 3.71. The van der Waals surface area contributed by atoms with Crippen LogP contribution in [0, 0.1) is 5.92 Å². The van der Waals surface area contributed by atoms with Gasteiger partial charge in [0, 0.05) is 38.6 Å². The van der Waals surface area contributed by atoms with Gasteiger partial charge >= 0.3 is 0 Å². The quantitative estimate of drug-likeness (QED) is 0.827. The molecule has 2 rings (SSSR count). The summed E-state index contributed by atoms with van der Waals surface area (Å²) in [4.78, 5) is 4.18. The van der Waals surface area contributed by atoms with E-state index < -0.39 is 10.0 Å². The van der Waals surface area contributed by atoms with Crippen molar-refractivity contribution < 1.29 is 13.5 Å². The Morgan fingerprint density at radius 1 is 1.52 bits per heavy atom. The lowest BCUT2D eigenvalue weighted by atomic mass is 10.0. The smallest absolute Gasteiger partial charge is 0.246 e. The molecule has 21 heavy (non-hydrogen) atoms. The first-order chi connectivity index (χ1) is 10.1. The molecule has 2 heterocycles. The van der Waals surface area contributed by atoms with Crippen molar-refractivity contribution in [3.05, 3.63) is 18.5 Å². The van der Waals surface area contributed by atoms with E-state index in [0.29, 0.717) is 25.3 Å². The predicted molar refractivity (Wildman–Crippen MR) is 81.6 cm³/mol. The second-order valence-electron chi connectivity index (χ2n) is 5.35. The van der Waals surface area contributed by atoms with E-state index >= 15 is 0 Å². The fraction of sp³-hybridized carbons (Fsp3) is 0.643. The minimum Gasteiger partial charge on any atom is -0.396 e. The zero-order valence-electron chi connectivity index (χ0n) is 12.3. The standard InChI is InChI=1S/C14H23N3O3S/c1-2-6-16-13-5-7-15-9-14(13)21(19,20)17-8-3-4-12(10-17)11-18/h5,7,9,12,18H,2-4,6,8,10-11H2,1H3,(H,15,16). The first-order valence-corrected chi connectivity index (χ1v) is 8.82. The van der Waals surface area contributed by atoms with Gasteiger partial charge in [-0.15, -0.1) is 0 Å². The molecule has 7 heteroatoms. The molecule has 1 aliphatic heterocycles. The average molecular weight is 313 g/mol. The molecule has 1 fully saturated rings. The van der Waals surface area contributed by atoms with Gasteiger partial charge in [-0.2, -0.15) is 4.31 Å². The van der Waals surface area contributed by atoms with Crippen LogP contribution in [0.1, 0.15) is 26.2 Å². The highest BCUT2D eigenvalue weighted by Crippen LogP contribution is 2.27. The SMILES string of the molecule is CCCNc1ccncc1S(=O)(=O)N1CCCC(CO)C1. The van der Waals surface area contributed by atoms with Crippen molar-refractivity contribution in [2.75, 3.05) is 31.6 Å². The molecule has 6 nitrogen and oxygen atoms in total. The van der Waals surface area contributed by atoms with Gasteiger partial charge in [-0.3, -0.25) is 4.98 Å². The van der Waals surface area contributed by atoms with Crippen LogP contribution in [0.3, 0.4) is 0 Å². The lowest BCUT2D eigenvalue weighted by Gasteiger charge is -2.31. The van der Waals surface area contributed by atoms with E-state index in [0.717, 1.165) is 19.3 Å². The van der Waals surface area contributed by atoms with Crippen LogP contribution in [0.15, 0.2) is 23.4 Å². The number of hydrogen-bond donors (Lipinski definition) is 2. The molecule has 1 aromatic rings. The van der Waals surface area contributed by atoms with Crippen molar-refractivity contribution in [3.63, 3.8) is 0 Å². The molecule has 1 aromatic heterocycles. The van der Waals surface area contributed by atoms with Crippen molar-refractivity contribution in [3.8, 4) is 0 Å². The molecule has 118 valence electrons. The van der Waals surface area contributed by atoms with Gasteiger partial charge in [-0.25, -0.2) is 8.42 Å². The van der Waals surface area contributed by atoms with Gasteiger partial charge in [-0.05, 0) is 31.2 Å². The largest absolute Gasteiger partial charge is 0.396 e. The minimum atomic E-state index is -3.57. The Bertz CT molecular complexity index is 562. The number of piperidine rings is 1. The lowest BCUT2D eigenvalue weighted by Crippen LogP contribution is -2.41. The summed E-state index contributed by atoms with van der Waals surface area (Å²) in [6.07, 6.45) is 5.55. The number of nitrogens with one attached hydrogen (secondary N) is 1. The van der Waals surface area contributed by atoms with Crippen molar-refractivity contribution in [2.45, 2.75) is 31.1 Å². The lowest BCUT2D eigenvalue weighted by molar-refractivity contribution is 0.165. The molecular formula is C14H23N3O3S. The van der Waals surface area contributed by atoms with E-state index in [1.54, 1.807) is 12.3 Å². The average Bonchev–Trinajstić information content (AvgIpc) is 2.53. The van der Waals surface area contributed by atoms with Crippen LogP contribution in [-0.2, 0) is 10.0 Å². The van der Waals surface area contributed by atoms with Crippen LogP contribution in [0.25, 0.3) is 0 Å². The van der Waals surface area contributed by atoms with E-state index in [2.05, 4.69) is 10.3 Å². The van der Waals surface area contributed by atoms with Gasteiger partial charge in [-0.1, -0.05) is 6.92 Å². The maximum atomic E-state index is 12.8. The summed E-state index contributed by atoms with van der Waals surface area (Å²) in [6.45, 7) is 3.65. The van der Waals surface area contributed by atoms with Crippen LogP contribution in [-0.4, -0.2) is 49.1 Å². The molecule has 1 atom stereocenters. The van der Waals surface area contributed by atoms with Crippen LogP contribution >= 0.6 is 0 Å². The first kappa shape index (κ1) is 16.2. The van der Waals surface area contributed by atoms with E-state index in [1.807, 2.05) is 6.92 Å². The topological polar surface area (TPSA) is 82.5 Å². The molecule has 0 amide bonds. The summed E-state index contributed by atoms with van der Waals surface area (Å²) in [6, 6.07) is 1.69. The Morgan fingerprint density at radius 2 is 2.33 bits per heavy atom. The zero-order valence-corrected chi connectivity index (χ0v) is 13.1. The fourth-order valence-electron chi connectivity index (χ4n) is 2.52. The van der Waals surface area contributed by atoms with Gasteiger partial charge in [0.05, 0.1) is 5.69 Å². The Balaban J connectivity index is 2.26. The number of aromatic nitrogens is 1. The summed E-state index contributed by atoms with van der Waals surface area (Å²) in [5, 5.41) is 12.4. The van der Waals surface area contributed by atoms with Crippen LogP contribution in [0.2, 0.25) is 0 Å². The van der Waals surface area contributed by atoms with Gasteiger partial charge in [0.15, 0.2) is 0 Å². The van der Waals surface area contributed by atoms with E-state index in [9.17, 15) is 13.5 Å². The number of hydrogen-bond acceptors (Lipinski definition) is 5. The maximum absolute atomic E-state index is 12.8. The molecule has 1 unspecified atom stereocenters. The minimum absolute atomic E-state index is 0.0252. The summed E-state index contributed by atoms with van der Waals surface area (Å²) < 4.78 is 27.1. The molecule has 2 N–H and O–H groups in total. The summed E-state index contributed by atoms with van der Waals surface area (Å²) in [5.41, 5.74) is 0.595.